The third kappa shape index (κ3) is 9.10. The number of phenols is 2. The van der Waals surface area contributed by atoms with Crippen LogP contribution in [0.15, 0.2) is 54.6 Å². The van der Waals surface area contributed by atoms with Gasteiger partial charge in [-0.25, -0.2) is 0 Å². The Kier molecular flexibility index (Phi) is 12.0. The van der Waals surface area contributed by atoms with Crippen LogP contribution in [0.4, 0.5) is 17.1 Å². The van der Waals surface area contributed by atoms with E-state index in [9.17, 15) is 30.1 Å². The lowest BCUT2D eigenvalue weighted by Crippen LogP contribution is -2.09. The summed E-state index contributed by atoms with van der Waals surface area (Å²) in [5, 5.41) is 41.7. The van der Waals surface area contributed by atoms with Crippen LogP contribution in [0.1, 0.15) is 13.3 Å². The first-order valence-electron chi connectivity index (χ1n) is 9.38. The van der Waals surface area contributed by atoms with Crippen LogP contribution in [-0.4, -0.2) is 26.0 Å². The summed E-state index contributed by atoms with van der Waals surface area (Å²) in [4.78, 5) is 30.1. The molecule has 35 heavy (non-hydrogen) atoms. The fourth-order valence-electron chi connectivity index (χ4n) is 2.14. The van der Waals surface area contributed by atoms with Gasteiger partial charge in [0.2, 0.25) is 11.7 Å². The fraction of sp³-hybridized carbons (Fsp3) is 0.0952. The van der Waals surface area contributed by atoms with Crippen molar-refractivity contribution in [2.45, 2.75) is 13.3 Å². The zero-order chi connectivity index (χ0) is 26.7. The Hall–Kier alpha value is -3.31. The van der Waals surface area contributed by atoms with E-state index < -0.39 is 15.6 Å². The van der Waals surface area contributed by atoms with Crippen molar-refractivity contribution in [3.8, 4) is 11.5 Å². The molecule has 0 fully saturated rings. The van der Waals surface area contributed by atoms with Crippen LogP contribution in [0.25, 0.3) is 0 Å². The SMILES string of the molecule is CCC(=O)Nc1cccc(Cl)c1O.O=[N+]([O-])c1cccc(Cl)c1Cl.O=[N+]([O-])c1cccc(Cl)c1O. The molecule has 3 rings (SSSR count). The molecule has 0 atom stereocenters. The van der Waals surface area contributed by atoms with Gasteiger partial charge >= 0.3 is 5.69 Å². The molecule has 3 aromatic carbocycles. The van der Waals surface area contributed by atoms with Crippen LogP contribution >= 0.6 is 46.4 Å². The summed E-state index contributed by atoms with van der Waals surface area (Å²) in [6.07, 6.45) is 0.367. The van der Waals surface area contributed by atoms with Gasteiger partial charge in [-0.1, -0.05) is 71.5 Å². The monoisotopic (exact) mass is 563 g/mol. The van der Waals surface area contributed by atoms with Gasteiger partial charge in [-0.3, -0.25) is 25.0 Å². The first-order valence-corrected chi connectivity index (χ1v) is 10.9. The molecule has 0 radical (unpaired) electrons. The molecular formula is C21H17Cl4N3O7. The molecule has 0 aliphatic heterocycles. The van der Waals surface area contributed by atoms with Gasteiger partial charge in [0, 0.05) is 18.6 Å². The molecule has 0 aliphatic carbocycles. The number of phenolic OH excluding ortho intramolecular Hbond substituents is 2. The molecular weight excluding hydrogens is 548 g/mol. The Labute approximate surface area is 218 Å². The smallest absolute Gasteiger partial charge is 0.312 e. The van der Waals surface area contributed by atoms with E-state index in [1.165, 1.54) is 36.4 Å². The van der Waals surface area contributed by atoms with Crippen LogP contribution < -0.4 is 5.32 Å². The van der Waals surface area contributed by atoms with Gasteiger partial charge in [0.25, 0.3) is 5.69 Å². The average Bonchev–Trinajstić information content (AvgIpc) is 2.81. The number of amides is 1. The quantitative estimate of drug-likeness (QED) is 0.171. The number of nitro benzene ring substituents is 2. The maximum atomic E-state index is 11.0. The highest BCUT2D eigenvalue weighted by molar-refractivity contribution is 6.43. The molecule has 14 heteroatoms. The summed E-state index contributed by atoms with van der Waals surface area (Å²) in [6, 6.07) is 13.0. The Balaban J connectivity index is 0.000000264. The number of rotatable bonds is 4. The summed E-state index contributed by atoms with van der Waals surface area (Å²) < 4.78 is 0. The van der Waals surface area contributed by atoms with Crippen molar-refractivity contribution in [2.24, 2.45) is 0 Å². The lowest BCUT2D eigenvalue weighted by atomic mass is 10.3. The second-order valence-electron chi connectivity index (χ2n) is 6.23. The summed E-state index contributed by atoms with van der Waals surface area (Å²) in [7, 11) is 0. The predicted octanol–water partition coefficient (Wildman–Crippen LogP) is 7.25. The van der Waals surface area contributed by atoms with Crippen molar-refractivity contribution < 1.29 is 24.9 Å². The molecule has 0 saturated heterocycles. The van der Waals surface area contributed by atoms with Crippen molar-refractivity contribution in [3.63, 3.8) is 0 Å². The second kappa shape index (κ2) is 14.2. The summed E-state index contributed by atoms with van der Waals surface area (Å²) in [6.45, 7) is 1.73. The number of nitrogens with one attached hydrogen (secondary N) is 1. The number of benzene rings is 3. The summed E-state index contributed by atoms with van der Waals surface area (Å²) >= 11 is 22.1. The number of nitro groups is 2. The second-order valence-corrected chi connectivity index (χ2v) is 7.83. The average molecular weight is 565 g/mol. The third-order valence-corrected chi connectivity index (χ3v) is 5.29. The van der Waals surface area contributed by atoms with Gasteiger partial charge in [0.1, 0.15) is 5.02 Å². The van der Waals surface area contributed by atoms with Crippen LogP contribution in [0.5, 0.6) is 11.5 Å². The molecule has 0 aliphatic rings. The molecule has 186 valence electrons. The highest BCUT2D eigenvalue weighted by Gasteiger charge is 2.14. The Bertz CT molecular complexity index is 1160. The van der Waals surface area contributed by atoms with Crippen molar-refractivity contribution in [2.75, 3.05) is 5.32 Å². The van der Waals surface area contributed by atoms with Crippen LogP contribution in [0.2, 0.25) is 20.1 Å². The molecule has 0 heterocycles. The van der Waals surface area contributed by atoms with E-state index in [1.54, 1.807) is 25.1 Å². The van der Waals surface area contributed by atoms with Crippen LogP contribution in [0, 0.1) is 20.2 Å². The normalized spacial score (nSPS) is 9.63. The predicted molar refractivity (Wildman–Crippen MR) is 135 cm³/mol. The first-order chi connectivity index (χ1) is 16.4. The Morgan fingerprint density at radius 3 is 1.71 bits per heavy atom. The highest BCUT2D eigenvalue weighted by atomic mass is 35.5. The van der Waals surface area contributed by atoms with E-state index in [2.05, 4.69) is 5.32 Å². The number of nitrogens with zero attached hydrogens (tertiary/aromatic N) is 2. The van der Waals surface area contributed by atoms with Crippen molar-refractivity contribution in [1.82, 2.24) is 0 Å². The van der Waals surface area contributed by atoms with Crippen molar-refractivity contribution >= 4 is 69.4 Å². The lowest BCUT2D eigenvalue weighted by Gasteiger charge is -2.06. The van der Waals surface area contributed by atoms with Gasteiger partial charge in [0.05, 0.1) is 30.6 Å². The van der Waals surface area contributed by atoms with E-state index in [1.807, 2.05) is 0 Å². The largest absolute Gasteiger partial charge is 0.504 e. The van der Waals surface area contributed by atoms with E-state index in [0.717, 1.165) is 0 Å². The topological polar surface area (TPSA) is 156 Å². The number of anilines is 1. The fourth-order valence-corrected chi connectivity index (χ4v) is 2.85. The zero-order valence-electron chi connectivity index (χ0n) is 17.7. The number of para-hydroxylation sites is 2. The third-order valence-electron chi connectivity index (χ3n) is 3.87. The zero-order valence-corrected chi connectivity index (χ0v) is 20.8. The van der Waals surface area contributed by atoms with E-state index >= 15 is 0 Å². The number of hydrogen-bond donors (Lipinski definition) is 3. The molecule has 0 saturated carbocycles. The van der Waals surface area contributed by atoms with Crippen LogP contribution in [-0.2, 0) is 4.79 Å². The molecule has 1 amide bonds. The van der Waals surface area contributed by atoms with Gasteiger partial charge in [0.15, 0.2) is 5.75 Å². The molecule has 0 bridgehead atoms. The van der Waals surface area contributed by atoms with E-state index in [0.29, 0.717) is 12.1 Å². The number of hydrogen-bond acceptors (Lipinski definition) is 7. The van der Waals surface area contributed by atoms with Crippen molar-refractivity contribution in [3.05, 3.63) is 94.9 Å². The standard InChI is InChI=1S/C9H10ClNO2.C6H3Cl2NO2.C6H4ClNO3/c1-2-8(12)11-7-5-3-4-6(10)9(7)13;7-4-2-1-3-5(6(4)8)9(10)11;7-4-2-1-3-5(6(4)9)8(10)11/h3-5,13H,2H2,1H3,(H,11,12);1-3H;1-3,9H. The summed E-state index contributed by atoms with van der Waals surface area (Å²) in [5.74, 6) is -0.734. The molecule has 0 aromatic heterocycles. The Morgan fingerprint density at radius 2 is 1.26 bits per heavy atom. The number of halogens is 4. The highest BCUT2D eigenvalue weighted by Crippen LogP contribution is 2.33. The minimum atomic E-state index is -0.693. The number of carbonyl (C=O) groups excluding carboxylic acids is 1. The molecule has 0 unspecified atom stereocenters. The van der Waals surface area contributed by atoms with Gasteiger partial charge in [-0.2, -0.15) is 0 Å². The maximum Gasteiger partial charge on any atom is 0.312 e. The molecule has 0 spiro atoms. The molecule has 3 N–H and O–H groups in total. The van der Waals surface area contributed by atoms with E-state index in [4.69, 9.17) is 51.5 Å². The van der Waals surface area contributed by atoms with Gasteiger partial charge in [-0.15, -0.1) is 0 Å². The first kappa shape index (κ1) is 29.7. The maximum absolute atomic E-state index is 11.0. The minimum absolute atomic E-state index is 0.0146. The number of carbonyl (C=O) groups is 1. The summed E-state index contributed by atoms with van der Waals surface area (Å²) in [5.41, 5.74) is -0.198. The van der Waals surface area contributed by atoms with Crippen molar-refractivity contribution in [1.29, 1.82) is 0 Å². The van der Waals surface area contributed by atoms with Gasteiger partial charge in [-0.05, 0) is 24.3 Å². The Morgan fingerprint density at radius 1 is 0.800 bits per heavy atom. The lowest BCUT2D eigenvalue weighted by molar-refractivity contribution is -0.385. The molecule has 3 aromatic rings. The van der Waals surface area contributed by atoms with E-state index in [-0.39, 0.29) is 43.1 Å². The van der Waals surface area contributed by atoms with Crippen LogP contribution in [0.3, 0.4) is 0 Å². The molecule has 10 nitrogen and oxygen atoms in total. The number of aromatic hydroxyl groups is 2. The minimum Gasteiger partial charge on any atom is -0.504 e. The van der Waals surface area contributed by atoms with Gasteiger partial charge < -0.3 is 15.5 Å².